The maximum absolute atomic E-state index is 11.0. The van der Waals surface area contributed by atoms with Crippen molar-refractivity contribution in [3.63, 3.8) is 0 Å². The number of halogens is 1. The Hall–Kier alpha value is -2.05. The normalized spacial score (nSPS) is 19.0. The van der Waals surface area contributed by atoms with Crippen LogP contribution in [0.1, 0.15) is 12.6 Å². The summed E-state index contributed by atoms with van der Waals surface area (Å²) >= 11 is 5.99. The molecule has 23 heavy (non-hydrogen) atoms. The monoisotopic (exact) mass is 335 g/mol. The van der Waals surface area contributed by atoms with Gasteiger partial charge in [0.1, 0.15) is 0 Å². The van der Waals surface area contributed by atoms with E-state index >= 15 is 0 Å². The second-order valence-corrected chi connectivity index (χ2v) is 6.18. The highest BCUT2D eigenvalue weighted by atomic mass is 35.5. The number of hydrogen-bond donors (Lipinski definition) is 1. The van der Waals surface area contributed by atoms with Gasteiger partial charge in [-0.25, -0.2) is 4.79 Å². The Kier molecular flexibility index (Phi) is 4.54. The molecule has 7 heteroatoms. The molecule has 0 radical (unpaired) electrons. The average molecular weight is 336 g/mol. The molecule has 1 aromatic carbocycles. The van der Waals surface area contributed by atoms with Crippen molar-refractivity contribution in [2.75, 3.05) is 19.6 Å². The van der Waals surface area contributed by atoms with Gasteiger partial charge in [0.25, 0.3) is 0 Å². The molecule has 1 amide bonds. The van der Waals surface area contributed by atoms with Crippen LogP contribution < -0.4 is 0 Å². The van der Waals surface area contributed by atoms with Crippen LogP contribution >= 0.6 is 11.6 Å². The number of nitrogens with zero attached hydrogens (tertiary/aromatic N) is 3. The number of hydrogen-bond acceptors (Lipinski definition) is 4. The molecular formula is C16H18ClN3O3. The molecule has 0 bridgehead atoms. The Balaban J connectivity index is 1.67. The number of amides is 1. The quantitative estimate of drug-likeness (QED) is 0.932. The second-order valence-electron chi connectivity index (χ2n) is 5.74. The summed E-state index contributed by atoms with van der Waals surface area (Å²) in [6, 6.07) is 9.48. The Morgan fingerprint density at radius 2 is 2.26 bits per heavy atom. The van der Waals surface area contributed by atoms with Gasteiger partial charge in [0, 0.05) is 48.9 Å². The zero-order chi connectivity index (χ0) is 16.4. The molecule has 1 aromatic heterocycles. The number of aromatic nitrogens is 1. The first kappa shape index (κ1) is 15.8. The fourth-order valence-corrected chi connectivity index (χ4v) is 2.97. The maximum atomic E-state index is 11.0. The summed E-state index contributed by atoms with van der Waals surface area (Å²) in [5, 5.41) is 13.8. The van der Waals surface area contributed by atoms with E-state index in [9.17, 15) is 4.79 Å². The van der Waals surface area contributed by atoms with Crippen molar-refractivity contribution in [1.29, 1.82) is 0 Å². The molecule has 1 fully saturated rings. The molecule has 0 aliphatic carbocycles. The van der Waals surface area contributed by atoms with Crippen molar-refractivity contribution >= 4 is 17.7 Å². The van der Waals surface area contributed by atoms with Gasteiger partial charge in [-0.15, -0.1) is 0 Å². The van der Waals surface area contributed by atoms with Gasteiger partial charge in [-0.3, -0.25) is 4.90 Å². The van der Waals surface area contributed by atoms with Gasteiger partial charge in [-0.1, -0.05) is 28.9 Å². The van der Waals surface area contributed by atoms with Crippen molar-refractivity contribution in [2.24, 2.45) is 0 Å². The fourth-order valence-electron chi connectivity index (χ4n) is 2.78. The topological polar surface area (TPSA) is 69.8 Å². The number of carboxylic acid groups (broad SMARTS) is 1. The zero-order valence-electron chi connectivity index (χ0n) is 12.8. The van der Waals surface area contributed by atoms with E-state index in [4.69, 9.17) is 21.2 Å². The van der Waals surface area contributed by atoms with Crippen LogP contribution in [0.3, 0.4) is 0 Å². The first-order chi connectivity index (χ1) is 11.0. The number of benzene rings is 1. The summed E-state index contributed by atoms with van der Waals surface area (Å²) in [4.78, 5) is 14.7. The summed E-state index contributed by atoms with van der Waals surface area (Å²) in [6.07, 6.45) is -0.860. The summed E-state index contributed by atoms with van der Waals surface area (Å²) in [6.45, 7) is 4.37. The van der Waals surface area contributed by atoms with Crippen LogP contribution in [0.15, 0.2) is 34.9 Å². The molecule has 3 rings (SSSR count). The SMILES string of the molecule is C[C@H]1CN(C(=O)O)CCN1Cc1cc(-c2cccc(Cl)c2)on1. The van der Waals surface area contributed by atoms with Crippen LogP contribution in [0.4, 0.5) is 4.79 Å². The molecule has 1 aliphatic heterocycles. The van der Waals surface area contributed by atoms with Crippen LogP contribution in [0.5, 0.6) is 0 Å². The smallest absolute Gasteiger partial charge is 0.407 e. The van der Waals surface area contributed by atoms with E-state index in [2.05, 4.69) is 10.1 Å². The van der Waals surface area contributed by atoms with Gasteiger partial charge in [0.05, 0.1) is 5.69 Å². The minimum atomic E-state index is -0.860. The number of rotatable bonds is 3. The molecule has 0 saturated carbocycles. The van der Waals surface area contributed by atoms with E-state index in [1.54, 1.807) is 0 Å². The van der Waals surface area contributed by atoms with Crippen LogP contribution in [0, 0.1) is 0 Å². The summed E-state index contributed by atoms with van der Waals surface area (Å²) in [7, 11) is 0. The lowest BCUT2D eigenvalue weighted by Crippen LogP contribution is -2.52. The predicted molar refractivity (Wildman–Crippen MR) is 86.4 cm³/mol. The summed E-state index contributed by atoms with van der Waals surface area (Å²) in [5.74, 6) is 0.680. The van der Waals surface area contributed by atoms with Crippen molar-refractivity contribution in [1.82, 2.24) is 15.0 Å². The third kappa shape index (κ3) is 3.65. The highest BCUT2D eigenvalue weighted by Crippen LogP contribution is 2.24. The molecular weight excluding hydrogens is 318 g/mol. The van der Waals surface area contributed by atoms with E-state index in [-0.39, 0.29) is 6.04 Å². The van der Waals surface area contributed by atoms with Crippen molar-refractivity contribution in [2.45, 2.75) is 19.5 Å². The Bertz CT molecular complexity index is 703. The van der Waals surface area contributed by atoms with E-state index in [0.29, 0.717) is 37.0 Å². The van der Waals surface area contributed by atoms with Gasteiger partial charge in [-0.05, 0) is 19.1 Å². The van der Waals surface area contributed by atoms with Crippen molar-refractivity contribution in [3.05, 3.63) is 41.0 Å². The predicted octanol–water partition coefficient (Wildman–Crippen LogP) is 3.18. The molecule has 2 heterocycles. The Morgan fingerprint density at radius 1 is 1.43 bits per heavy atom. The van der Waals surface area contributed by atoms with Gasteiger partial charge in [0.15, 0.2) is 5.76 Å². The largest absolute Gasteiger partial charge is 0.465 e. The average Bonchev–Trinajstić information content (AvgIpc) is 2.98. The van der Waals surface area contributed by atoms with Crippen LogP contribution in [0.2, 0.25) is 5.02 Å². The first-order valence-electron chi connectivity index (χ1n) is 7.46. The lowest BCUT2D eigenvalue weighted by molar-refractivity contribution is 0.0700. The molecule has 0 spiro atoms. The molecule has 1 atom stereocenters. The zero-order valence-corrected chi connectivity index (χ0v) is 13.5. The molecule has 1 saturated heterocycles. The lowest BCUT2D eigenvalue weighted by atomic mass is 10.1. The molecule has 2 aromatic rings. The van der Waals surface area contributed by atoms with E-state index in [0.717, 1.165) is 11.3 Å². The number of carbonyl (C=O) groups is 1. The van der Waals surface area contributed by atoms with Gasteiger partial charge in [0.2, 0.25) is 0 Å². The van der Waals surface area contributed by atoms with Crippen molar-refractivity contribution in [3.8, 4) is 11.3 Å². The fraction of sp³-hybridized carbons (Fsp3) is 0.375. The molecule has 0 unspecified atom stereocenters. The highest BCUT2D eigenvalue weighted by Gasteiger charge is 2.27. The van der Waals surface area contributed by atoms with E-state index in [1.165, 1.54) is 4.90 Å². The van der Waals surface area contributed by atoms with Gasteiger partial charge >= 0.3 is 6.09 Å². The molecule has 122 valence electrons. The minimum absolute atomic E-state index is 0.145. The van der Waals surface area contributed by atoms with Gasteiger partial charge in [-0.2, -0.15) is 0 Å². The lowest BCUT2D eigenvalue weighted by Gasteiger charge is -2.38. The van der Waals surface area contributed by atoms with E-state index in [1.807, 2.05) is 37.3 Å². The Labute approximate surface area is 139 Å². The highest BCUT2D eigenvalue weighted by molar-refractivity contribution is 6.30. The molecule has 1 N–H and O–H groups in total. The third-order valence-electron chi connectivity index (χ3n) is 4.07. The maximum Gasteiger partial charge on any atom is 0.407 e. The molecule has 1 aliphatic rings. The van der Waals surface area contributed by atoms with Crippen LogP contribution in [-0.2, 0) is 6.54 Å². The third-order valence-corrected chi connectivity index (χ3v) is 4.30. The number of piperazine rings is 1. The van der Waals surface area contributed by atoms with Gasteiger partial charge < -0.3 is 14.5 Å². The molecule has 6 nitrogen and oxygen atoms in total. The first-order valence-corrected chi connectivity index (χ1v) is 7.84. The van der Waals surface area contributed by atoms with Crippen LogP contribution in [0.25, 0.3) is 11.3 Å². The Morgan fingerprint density at radius 3 is 2.96 bits per heavy atom. The van der Waals surface area contributed by atoms with E-state index < -0.39 is 6.09 Å². The van der Waals surface area contributed by atoms with Crippen LogP contribution in [-0.4, -0.2) is 51.8 Å². The summed E-state index contributed by atoms with van der Waals surface area (Å²) < 4.78 is 5.40. The minimum Gasteiger partial charge on any atom is -0.465 e. The standard InChI is InChI=1S/C16H18ClN3O3/c1-11-9-20(16(21)22)6-5-19(11)10-14-8-15(23-18-14)12-3-2-4-13(17)7-12/h2-4,7-8,11H,5-6,9-10H2,1H3,(H,21,22)/t11-/m0/s1. The second kappa shape index (κ2) is 6.60. The summed E-state index contributed by atoms with van der Waals surface area (Å²) in [5.41, 5.74) is 1.72. The van der Waals surface area contributed by atoms with Crippen molar-refractivity contribution < 1.29 is 14.4 Å².